The lowest BCUT2D eigenvalue weighted by atomic mass is 10.2. The number of ether oxygens (including phenoxy) is 1. The Labute approximate surface area is 124 Å². The van der Waals surface area contributed by atoms with Gasteiger partial charge in [0.25, 0.3) is 0 Å². The quantitative estimate of drug-likeness (QED) is 0.851. The Balaban J connectivity index is 1.67. The molecule has 2 unspecified atom stereocenters. The van der Waals surface area contributed by atoms with Crippen molar-refractivity contribution < 1.29 is 13.9 Å². The van der Waals surface area contributed by atoms with E-state index in [1.54, 1.807) is 23.1 Å². The topological polar surface area (TPSA) is 32.8 Å². The van der Waals surface area contributed by atoms with E-state index in [9.17, 15) is 9.18 Å². The molecule has 3 rings (SSSR count). The molecule has 1 aromatic rings. The molecule has 2 aliphatic heterocycles. The minimum atomic E-state index is -0.340. The molecule has 0 aliphatic carbocycles. The van der Waals surface area contributed by atoms with Crippen LogP contribution in [0.3, 0.4) is 0 Å². The van der Waals surface area contributed by atoms with Gasteiger partial charge in [-0.2, -0.15) is 0 Å². The number of anilines is 1. The van der Waals surface area contributed by atoms with Crippen molar-refractivity contribution in [2.24, 2.45) is 0 Å². The monoisotopic (exact) mass is 292 g/mol. The number of halogens is 1. The fraction of sp³-hybridized carbons (Fsp3) is 0.562. The van der Waals surface area contributed by atoms with Crippen LogP contribution in [0.4, 0.5) is 10.1 Å². The van der Waals surface area contributed by atoms with Crippen LogP contribution in [-0.4, -0.2) is 49.7 Å². The molecule has 2 aliphatic rings. The van der Waals surface area contributed by atoms with Gasteiger partial charge in [-0.05, 0) is 38.4 Å². The summed E-state index contributed by atoms with van der Waals surface area (Å²) in [6.07, 6.45) is 3.11. The van der Waals surface area contributed by atoms with Gasteiger partial charge in [0.05, 0.1) is 17.8 Å². The predicted molar refractivity (Wildman–Crippen MR) is 78.8 cm³/mol. The van der Waals surface area contributed by atoms with E-state index in [4.69, 9.17) is 4.74 Å². The zero-order valence-electron chi connectivity index (χ0n) is 12.3. The lowest BCUT2D eigenvalue weighted by Gasteiger charge is -2.26. The van der Waals surface area contributed by atoms with Crippen LogP contribution in [0, 0.1) is 5.82 Å². The summed E-state index contributed by atoms with van der Waals surface area (Å²) in [6, 6.07) is 6.28. The molecule has 1 aromatic carbocycles. The van der Waals surface area contributed by atoms with Gasteiger partial charge in [-0.3, -0.25) is 9.69 Å². The fourth-order valence-electron chi connectivity index (χ4n) is 3.22. The summed E-state index contributed by atoms with van der Waals surface area (Å²) in [6.45, 7) is 2.15. The van der Waals surface area contributed by atoms with Gasteiger partial charge in [0.1, 0.15) is 5.82 Å². The first-order chi connectivity index (χ1) is 10.2. The van der Waals surface area contributed by atoms with Crippen molar-refractivity contribution in [1.29, 1.82) is 0 Å². The molecule has 2 fully saturated rings. The highest BCUT2D eigenvalue weighted by Crippen LogP contribution is 2.26. The maximum atomic E-state index is 13.8. The first-order valence-electron chi connectivity index (χ1n) is 7.54. The molecule has 0 spiro atoms. The fourth-order valence-corrected chi connectivity index (χ4v) is 3.22. The second kappa shape index (κ2) is 6.12. The summed E-state index contributed by atoms with van der Waals surface area (Å²) in [5.41, 5.74) is 0.385. The number of amides is 1. The van der Waals surface area contributed by atoms with Gasteiger partial charge in [-0.15, -0.1) is 0 Å². The second-order valence-corrected chi connectivity index (χ2v) is 5.82. The molecule has 0 aromatic heterocycles. The molecule has 4 nitrogen and oxygen atoms in total. The number of hydrogen-bond acceptors (Lipinski definition) is 3. The number of benzene rings is 1. The van der Waals surface area contributed by atoms with Crippen LogP contribution in [0.5, 0.6) is 0 Å². The SMILES string of the molecule is CN(CC1CCCO1)C1CCN(c2ccccc2F)C1=O. The van der Waals surface area contributed by atoms with Crippen molar-refractivity contribution in [3.05, 3.63) is 30.1 Å². The van der Waals surface area contributed by atoms with Crippen LogP contribution >= 0.6 is 0 Å². The van der Waals surface area contributed by atoms with Gasteiger partial charge in [-0.25, -0.2) is 4.39 Å². The van der Waals surface area contributed by atoms with Gasteiger partial charge in [0, 0.05) is 19.7 Å². The van der Waals surface area contributed by atoms with Gasteiger partial charge in [0.15, 0.2) is 0 Å². The second-order valence-electron chi connectivity index (χ2n) is 5.82. The highest BCUT2D eigenvalue weighted by molar-refractivity contribution is 5.99. The molecule has 0 bridgehead atoms. The molecular weight excluding hydrogens is 271 g/mol. The minimum Gasteiger partial charge on any atom is -0.377 e. The first kappa shape index (κ1) is 14.5. The van der Waals surface area contributed by atoms with Crippen molar-refractivity contribution in [3.8, 4) is 0 Å². The Morgan fingerprint density at radius 1 is 1.38 bits per heavy atom. The lowest BCUT2D eigenvalue weighted by Crippen LogP contribution is -2.43. The normalized spacial score (nSPS) is 26.0. The maximum absolute atomic E-state index is 13.8. The molecule has 5 heteroatoms. The first-order valence-corrected chi connectivity index (χ1v) is 7.54. The standard InChI is InChI=1S/C16H21FN2O2/c1-18(11-12-5-4-10-21-12)15-8-9-19(16(15)20)14-7-3-2-6-13(14)17/h2-3,6-7,12,15H,4-5,8-11H2,1H3. The molecular formula is C16H21FN2O2. The zero-order valence-corrected chi connectivity index (χ0v) is 12.3. The van der Waals surface area contributed by atoms with Crippen molar-refractivity contribution in [2.75, 3.05) is 31.6 Å². The average Bonchev–Trinajstić information content (AvgIpc) is 3.09. The Hall–Kier alpha value is -1.46. The third-order valence-electron chi connectivity index (χ3n) is 4.37. The Kier molecular flexibility index (Phi) is 4.22. The van der Waals surface area contributed by atoms with Crippen LogP contribution in [0.15, 0.2) is 24.3 Å². The number of hydrogen-bond donors (Lipinski definition) is 0. The van der Waals surface area contributed by atoms with E-state index >= 15 is 0 Å². The van der Waals surface area contributed by atoms with Gasteiger partial charge < -0.3 is 9.64 Å². The van der Waals surface area contributed by atoms with E-state index in [1.165, 1.54) is 6.07 Å². The molecule has 2 heterocycles. The number of rotatable bonds is 4. The zero-order chi connectivity index (χ0) is 14.8. The summed E-state index contributed by atoms with van der Waals surface area (Å²) in [4.78, 5) is 16.2. The smallest absolute Gasteiger partial charge is 0.244 e. The summed E-state index contributed by atoms with van der Waals surface area (Å²) >= 11 is 0. The van der Waals surface area contributed by atoms with Gasteiger partial charge >= 0.3 is 0 Å². The summed E-state index contributed by atoms with van der Waals surface area (Å²) < 4.78 is 19.5. The largest absolute Gasteiger partial charge is 0.377 e. The minimum absolute atomic E-state index is 0.0133. The third-order valence-corrected chi connectivity index (χ3v) is 4.37. The Bertz CT molecular complexity index is 517. The molecule has 0 saturated carbocycles. The number of carbonyl (C=O) groups is 1. The van der Waals surface area contributed by atoms with Crippen molar-refractivity contribution >= 4 is 11.6 Å². The Morgan fingerprint density at radius 2 is 2.19 bits per heavy atom. The van der Waals surface area contributed by atoms with Gasteiger partial charge in [-0.1, -0.05) is 12.1 Å². The molecule has 114 valence electrons. The van der Waals surface area contributed by atoms with Gasteiger partial charge in [0.2, 0.25) is 5.91 Å². The summed E-state index contributed by atoms with van der Waals surface area (Å²) in [5.74, 6) is -0.353. The highest BCUT2D eigenvalue weighted by atomic mass is 19.1. The average molecular weight is 292 g/mol. The van der Waals surface area contributed by atoms with Crippen molar-refractivity contribution in [3.63, 3.8) is 0 Å². The number of likely N-dealkylation sites (N-methyl/N-ethyl adjacent to an activating group) is 1. The number of nitrogens with zero attached hydrogens (tertiary/aromatic N) is 2. The van der Waals surface area contributed by atoms with E-state index in [1.807, 2.05) is 7.05 Å². The van der Waals surface area contributed by atoms with E-state index in [2.05, 4.69) is 4.90 Å². The van der Waals surface area contributed by atoms with E-state index in [0.717, 1.165) is 32.4 Å². The molecule has 2 saturated heterocycles. The van der Waals surface area contributed by atoms with E-state index in [-0.39, 0.29) is 23.9 Å². The van der Waals surface area contributed by atoms with Crippen LogP contribution < -0.4 is 4.90 Å². The number of para-hydroxylation sites is 1. The highest BCUT2D eigenvalue weighted by Gasteiger charge is 2.37. The van der Waals surface area contributed by atoms with Crippen LogP contribution in [0.2, 0.25) is 0 Å². The third kappa shape index (κ3) is 2.94. The molecule has 0 radical (unpaired) electrons. The van der Waals surface area contributed by atoms with Crippen LogP contribution in [0.1, 0.15) is 19.3 Å². The predicted octanol–water partition coefficient (Wildman–Crippen LogP) is 2.04. The molecule has 2 atom stereocenters. The maximum Gasteiger partial charge on any atom is 0.244 e. The van der Waals surface area contributed by atoms with Crippen molar-refractivity contribution in [1.82, 2.24) is 4.90 Å². The Morgan fingerprint density at radius 3 is 2.90 bits per heavy atom. The molecule has 21 heavy (non-hydrogen) atoms. The lowest BCUT2D eigenvalue weighted by molar-refractivity contribution is -0.121. The number of carbonyl (C=O) groups excluding carboxylic acids is 1. The molecule has 0 N–H and O–H groups in total. The van der Waals surface area contributed by atoms with Crippen LogP contribution in [-0.2, 0) is 9.53 Å². The summed E-state index contributed by atoms with van der Waals surface area (Å²) in [5, 5.41) is 0. The van der Waals surface area contributed by atoms with E-state index < -0.39 is 0 Å². The summed E-state index contributed by atoms with van der Waals surface area (Å²) in [7, 11) is 1.95. The van der Waals surface area contributed by atoms with E-state index in [0.29, 0.717) is 12.2 Å². The van der Waals surface area contributed by atoms with Crippen LogP contribution in [0.25, 0.3) is 0 Å². The van der Waals surface area contributed by atoms with Crippen molar-refractivity contribution in [2.45, 2.75) is 31.4 Å². The molecule has 1 amide bonds.